The number of hydrogen-bond acceptors (Lipinski definition) is 5. The number of hydrogen-bond donors (Lipinski definition) is 1. The Bertz CT molecular complexity index is 560. The van der Waals surface area contributed by atoms with Gasteiger partial charge in [-0.15, -0.1) is 0 Å². The van der Waals surface area contributed by atoms with Crippen LogP contribution in [-0.4, -0.2) is 93.2 Å². The van der Waals surface area contributed by atoms with Gasteiger partial charge in [0.25, 0.3) is 0 Å². The second-order valence-corrected chi connectivity index (χ2v) is 7.02. The lowest BCUT2D eigenvalue weighted by Gasteiger charge is -2.27. The summed E-state index contributed by atoms with van der Waals surface area (Å²) in [5.41, 5.74) is 1.20. The molecule has 2 heterocycles. The molecular weight excluding hydrogens is 332 g/mol. The second kappa shape index (κ2) is 10.5. The van der Waals surface area contributed by atoms with E-state index >= 15 is 0 Å². The van der Waals surface area contributed by atoms with Gasteiger partial charge in [-0.05, 0) is 20.5 Å². The summed E-state index contributed by atoms with van der Waals surface area (Å²) < 4.78 is 12.5. The van der Waals surface area contributed by atoms with Crippen LogP contribution < -0.4 is 5.32 Å². The van der Waals surface area contributed by atoms with Crippen molar-refractivity contribution in [3.8, 4) is 0 Å². The summed E-state index contributed by atoms with van der Waals surface area (Å²) in [5.74, 6) is 1.51. The number of nitrogens with one attached hydrogen (secondary N) is 1. The highest BCUT2D eigenvalue weighted by Crippen LogP contribution is 2.18. The lowest BCUT2D eigenvalue weighted by atomic mass is 10.1. The van der Waals surface area contributed by atoms with Gasteiger partial charge >= 0.3 is 0 Å². The molecule has 2 unspecified atom stereocenters. The van der Waals surface area contributed by atoms with Crippen molar-refractivity contribution in [2.24, 2.45) is 18.0 Å². The van der Waals surface area contributed by atoms with Crippen molar-refractivity contribution < 1.29 is 9.47 Å². The van der Waals surface area contributed by atoms with Crippen LogP contribution in [0, 0.1) is 5.92 Å². The van der Waals surface area contributed by atoms with Crippen molar-refractivity contribution >= 4 is 5.96 Å². The van der Waals surface area contributed by atoms with Crippen LogP contribution in [0.1, 0.15) is 18.0 Å². The predicted octanol–water partition coefficient (Wildman–Crippen LogP) is 0.583. The maximum Gasteiger partial charge on any atom is 0.193 e. The molecule has 1 aromatic rings. The van der Waals surface area contributed by atoms with Gasteiger partial charge in [0.05, 0.1) is 32.1 Å². The van der Waals surface area contributed by atoms with Crippen molar-refractivity contribution in [3.63, 3.8) is 0 Å². The molecule has 148 valence electrons. The highest BCUT2D eigenvalue weighted by molar-refractivity contribution is 5.80. The summed E-state index contributed by atoms with van der Waals surface area (Å²) >= 11 is 0. The Labute approximate surface area is 157 Å². The molecule has 0 bridgehead atoms. The maximum absolute atomic E-state index is 5.68. The fourth-order valence-corrected chi connectivity index (χ4v) is 3.28. The lowest BCUT2D eigenvalue weighted by Crippen LogP contribution is -2.43. The van der Waals surface area contributed by atoms with Crippen LogP contribution in [0.15, 0.2) is 17.4 Å². The minimum absolute atomic E-state index is 0.247. The molecule has 0 radical (unpaired) electrons. The van der Waals surface area contributed by atoms with Crippen LogP contribution in [0.3, 0.4) is 0 Å². The number of aliphatic imine (C=N–C) groups is 1. The number of guanidine groups is 1. The third kappa shape index (κ3) is 5.96. The van der Waals surface area contributed by atoms with Crippen molar-refractivity contribution in [2.45, 2.75) is 12.5 Å². The van der Waals surface area contributed by atoms with E-state index in [-0.39, 0.29) is 6.04 Å². The number of aryl methyl sites for hydroxylation is 1. The average molecular weight is 367 g/mol. The number of rotatable bonds is 9. The van der Waals surface area contributed by atoms with E-state index in [9.17, 15) is 0 Å². The Balaban J connectivity index is 1.83. The first-order chi connectivity index (χ1) is 12.5. The number of nitrogens with zero attached hydrogens (tertiary/aromatic N) is 5. The van der Waals surface area contributed by atoms with Gasteiger partial charge in [0.1, 0.15) is 0 Å². The molecule has 1 aromatic heterocycles. The van der Waals surface area contributed by atoms with Gasteiger partial charge in [0.15, 0.2) is 5.96 Å². The van der Waals surface area contributed by atoms with E-state index in [2.05, 4.69) is 45.5 Å². The molecule has 8 heteroatoms. The Hall–Kier alpha value is -1.64. The van der Waals surface area contributed by atoms with Crippen molar-refractivity contribution in [3.05, 3.63) is 18.0 Å². The molecule has 2 atom stereocenters. The summed E-state index contributed by atoms with van der Waals surface area (Å²) in [5, 5.41) is 7.83. The first kappa shape index (κ1) is 20.7. The predicted molar refractivity (Wildman–Crippen MR) is 103 cm³/mol. The molecule has 0 aliphatic carbocycles. The number of aromatic nitrogens is 2. The van der Waals surface area contributed by atoms with Gasteiger partial charge in [-0.3, -0.25) is 9.67 Å². The van der Waals surface area contributed by atoms with E-state index in [0.717, 1.165) is 38.6 Å². The largest absolute Gasteiger partial charge is 0.382 e. The van der Waals surface area contributed by atoms with E-state index in [0.29, 0.717) is 19.1 Å². The third-order valence-corrected chi connectivity index (χ3v) is 4.77. The van der Waals surface area contributed by atoms with Crippen molar-refractivity contribution in [1.82, 2.24) is 24.9 Å². The molecule has 1 aliphatic heterocycles. The molecule has 1 N–H and O–H groups in total. The summed E-state index contributed by atoms with van der Waals surface area (Å²) in [6.07, 6.45) is 5.13. The highest BCUT2D eigenvalue weighted by atomic mass is 16.5. The SMILES string of the molecule is CN=C(NCC(c1cnn(C)c1)N(C)C)N1CCC(COCCOC)C1. The maximum atomic E-state index is 5.68. The standard InChI is InChI=1S/C18H34N6O2/c1-19-18(24-7-6-15(12-24)14-26-9-8-25-5)20-11-17(22(2)3)16-10-21-23(4)13-16/h10,13,15,17H,6-9,11-12,14H2,1-5H3,(H,19,20). The van der Waals surface area contributed by atoms with E-state index in [4.69, 9.17) is 9.47 Å². The van der Waals surface area contributed by atoms with Crippen LogP contribution in [-0.2, 0) is 16.5 Å². The number of ether oxygens (including phenoxy) is 2. The Morgan fingerprint density at radius 3 is 2.88 bits per heavy atom. The summed E-state index contributed by atoms with van der Waals surface area (Å²) in [6.45, 7) is 4.88. The first-order valence-electron chi connectivity index (χ1n) is 9.22. The number of methoxy groups -OCH3 is 1. The van der Waals surface area contributed by atoms with Crippen LogP contribution >= 0.6 is 0 Å². The second-order valence-electron chi connectivity index (χ2n) is 7.02. The molecule has 8 nitrogen and oxygen atoms in total. The van der Waals surface area contributed by atoms with E-state index in [1.807, 2.05) is 25.0 Å². The monoisotopic (exact) mass is 366 g/mol. The molecular formula is C18H34N6O2. The van der Waals surface area contributed by atoms with E-state index < -0.39 is 0 Å². The van der Waals surface area contributed by atoms with Crippen LogP contribution in [0.25, 0.3) is 0 Å². The minimum atomic E-state index is 0.247. The zero-order chi connectivity index (χ0) is 18.9. The van der Waals surface area contributed by atoms with Crippen molar-refractivity contribution in [2.75, 3.05) is 67.7 Å². The molecule has 26 heavy (non-hydrogen) atoms. The van der Waals surface area contributed by atoms with E-state index in [1.54, 1.807) is 7.11 Å². The highest BCUT2D eigenvalue weighted by Gasteiger charge is 2.26. The smallest absolute Gasteiger partial charge is 0.193 e. The minimum Gasteiger partial charge on any atom is -0.382 e. The van der Waals surface area contributed by atoms with Crippen LogP contribution in [0.5, 0.6) is 0 Å². The number of likely N-dealkylation sites (N-methyl/N-ethyl adjacent to an activating group) is 1. The molecule has 0 amide bonds. The zero-order valence-electron chi connectivity index (χ0n) is 16.8. The topological polar surface area (TPSA) is 67.2 Å². The molecule has 1 fully saturated rings. The third-order valence-electron chi connectivity index (χ3n) is 4.77. The van der Waals surface area contributed by atoms with Gasteiger partial charge in [0, 0.05) is 58.5 Å². The summed E-state index contributed by atoms with van der Waals surface area (Å²) in [7, 11) is 9.67. The normalized spacial score (nSPS) is 19.4. The lowest BCUT2D eigenvalue weighted by molar-refractivity contribution is 0.0536. The fraction of sp³-hybridized carbons (Fsp3) is 0.778. The average Bonchev–Trinajstić information content (AvgIpc) is 3.24. The molecule has 0 saturated carbocycles. The molecule has 0 aromatic carbocycles. The zero-order valence-corrected chi connectivity index (χ0v) is 16.8. The van der Waals surface area contributed by atoms with Gasteiger partial charge in [-0.25, -0.2) is 0 Å². The van der Waals surface area contributed by atoms with Gasteiger partial charge < -0.3 is 24.6 Å². The Morgan fingerprint density at radius 2 is 2.27 bits per heavy atom. The molecule has 0 spiro atoms. The van der Waals surface area contributed by atoms with E-state index in [1.165, 1.54) is 5.56 Å². The number of likely N-dealkylation sites (tertiary alicyclic amines) is 1. The fourth-order valence-electron chi connectivity index (χ4n) is 3.28. The van der Waals surface area contributed by atoms with Crippen LogP contribution in [0.4, 0.5) is 0 Å². The van der Waals surface area contributed by atoms with Gasteiger partial charge in [-0.1, -0.05) is 0 Å². The Morgan fingerprint density at radius 1 is 1.46 bits per heavy atom. The van der Waals surface area contributed by atoms with Gasteiger partial charge in [0.2, 0.25) is 0 Å². The Kier molecular flexibility index (Phi) is 8.34. The first-order valence-corrected chi connectivity index (χ1v) is 9.22. The van der Waals surface area contributed by atoms with Crippen LogP contribution in [0.2, 0.25) is 0 Å². The van der Waals surface area contributed by atoms with Gasteiger partial charge in [-0.2, -0.15) is 5.10 Å². The molecule has 1 aliphatic rings. The summed E-state index contributed by atoms with van der Waals surface area (Å²) in [4.78, 5) is 9.00. The quantitative estimate of drug-likeness (QED) is 0.392. The van der Waals surface area contributed by atoms with Crippen molar-refractivity contribution in [1.29, 1.82) is 0 Å². The molecule has 2 rings (SSSR count). The summed E-state index contributed by atoms with van der Waals surface area (Å²) in [6, 6.07) is 0.247. The molecule has 1 saturated heterocycles.